The van der Waals surface area contributed by atoms with Crippen LogP contribution in [-0.2, 0) is 9.59 Å². The molecule has 5 heteroatoms. The average molecular weight is 403 g/mol. The van der Waals surface area contributed by atoms with E-state index in [0.29, 0.717) is 11.7 Å². The number of benzene rings is 1. The SMILES string of the molecule is Cc1ccc(NC(=O)C2CSC(CC(C)C)N2C(=O)C2CCCCC2)cc1C. The van der Waals surface area contributed by atoms with Crippen molar-refractivity contribution >= 4 is 29.3 Å². The second kappa shape index (κ2) is 9.34. The molecular formula is C23H34N2O2S. The summed E-state index contributed by atoms with van der Waals surface area (Å²) in [5.74, 6) is 1.44. The van der Waals surface area contributed by atoms with Crippen LogP contribution in [0.1, 0.15) is 63.5 Å². The van der Waals surface area contributed by atoms with Crippen molar-refractivity contribution in [2.75, 3.05) is 11.1 Å². The Hall–Kier alpha value is -1.49. The molecule has 0 aromatic heterocycles. The van der Waals surface area contributed by atoms with Gasteiger partial charge in [-0.15, -0.1) is 11.8 Å². The Labute approximate surface area is 173 Å². The first kappa shape index (κ1) is 21.2. The fraction of sp³-hybridized carbons (Fsp3) is 0.652. The van der Waals surface area contributed by atoms with Gasteiger partial charge in [-0.1, -0.05) is 39.2 Å². The zero-order chi connectivity index (χ0) is 20.3. The second-order valence-electron chi connectivity index (χ2n) is 8.80. The number of anilines is 1. The molecule has 4 nitrogen and oxygen atoms in total. The lowest BCUT2D eigenvalue weighted by atomic mass is 9.87. The molecule has 1 aromatic rings. The van der Waals surface area contributed by atoms with Crippen LogP contribution in [0.4, 0.5) is 5.69 Å². The van der Waals surface area contributed by atoms with E-state index in [4.69, 9.17) is 0 Å². The third-order valence-corrected chi connectivity index (χ3v) is 7.36. The molecular weight excluding hydrogens is 368 g/mol. The van der Waals surface area contributed by atoms with Crippen LogP contribution >= 0.6 is 11.8 Å². The number of carbonyl (C=O) groups is 2. The number of hydrogen-bond acceptors (Lipinski definition) is 3. The van der Waals surface area contributed by atoms with Crippen molar-refractivity contribution in [3.8, 4) is 0 Å². The van der Waals surface area contributed by atoms with Crippen LogP contribution < -0.4 is 5.32 Å². The fourth-order valence-corrected chi connectivity index (χ4v) is 5.90. The van der Waals surface area contributed by atoms with E-state index in [1.807, 2.05) is 30.0 Å². The van der Waals surface area contributed by atoms with Crippen LogP contribution in [0.5, 0.6) is 0 Å². The highest BCUT2D eigenvalue weighted by atomic mass is 32.2. The van der Waals surface area contributed by atoms with Crippen molar-refractivity contribution in [2.24, 2.45) is 11.8 Å². The van der Waals surface area contributed by atoms with Crippen LogP contribution in [0.3, 0.4) is 0 Å². The number of nitrogens with one attached hydrogen (secondary N) is 1. The smallest absolute Gasteiger partial charge is 0.248 e. The molecule has 1 aliphatic carbocycles. The van der Waals surface area contributed by atoms with Gasteiger partial charge in [0.25, 0.3) is 0 Å². The molecule has 1 saturated carbocycles. The molecule has 154 valence electrons. The van der Waals surface area contributed by atoms with Gasteiger partial charge in [0.15, 0.2) is 0 Å². The van der Waals surface area contributed by atoms with Crippen molar-refractivity contribution in [1.82, 2.24) is 4.90 Å². The molecule has 3 rings (SSSR count). The van der Waals surface area contributed by atoms with Gasteiger partial charge >= 0.3 is 0 Å². The molecule has 2 aliphatic rings. The predicted molar refractivity (Wildman–Crippen MR) is 117 cm³/mol. The molecule has 2 fully saturated rings. The van der Waals surface area contributed by atoms with E-state index in [0.717, 1.165) is 43.4 Å². The van der Waals surface area contributed by atoms with Crippen molar-refractivity contribution in [2.45, 2.75) is 77.6 Å². The molecule has 1 heterocycles. The van der Waals surface area contributed by atoms with E-state index in [1.54, 1.807) is 11.8 Å². The Balaban J connectivity index is 1.77. The molecule has 2 atom stereocenters. The largest absolute Gasteiger partial charge is 0.324 e. The van der Waals surface area contributed by atoms with Gasteiger partial charge in [0, 0.05) is 17.4 Å². The first-order valence-electron chi connectivity index (χ1n) is 10.7. The molecule has 2 unspecified atom stereocenters. The minimum atomic E-state index is -0.371. The summed E-state index contributed by atoms with van der Waals surface area (Å²) in [4.78, 5) is 28.5. The first-order valence-corrected chi connectivity index (χ1v) is 11.7. The number of aryl methyl sites for hydroxylation is 2. The summed E-state index contributed by atoms with van der Waals surface area (Å²) in [5.41, 5.74) is 3.18. The molecule has 1 N–H and O–H groups in total. The number of hydrogen-bond donors (Lipinski definition) is 1. The minimum Gasteiger partial charge on any atom is -0.324 e. The van der Waals surface area contributed by atoms with Gasteiger partial charge in [-0.2, -0.15) is 0 Å². The quantitative estimate of drug-likeness (QED) is 0.742. The lowest BCUT2D eigenvalue weighted by Gasteiger charge is -2.34. The predicted octanol–water partition coefficient (Wildman–Crippen LogP) is 5.14. The summed E-state index contributed by atoms with van der Waals surface area (Å²) >= 11 is 1.77. The topological polar surface area (TPSA) is 49.4 Å². The van der Waals surface area contributed by atoms with Crippen molar-refractivity contribution in [3.63, 3.8) is 0 Å². The molecule has 0 bridgehead atoms. The maximum atomic E-state index is 13.4. The fourth-order valence-electron chi connectivity index (χ4n) is 4.25. The molecule has 28 heavy (non-hydrogen) atoms. The maximum Gasteiger partial charge on any atom is 0.248 e. The number of carbonyl (C=O) groups excluding carboxylic acids is 2. The first-order chi connectivity index (χ1) is 13.4. The third-order valence-electron chi connectivity index (χ3n) is 6.05. The molecule has 1 aromatic carbocycles. The van der Waals surface area contributed by atoms with Crippen LogP contribution in [0.2, 0.25) is 0 Å². The molecule has 0 radical (unpaired) electrons. The van der Waals surface area contributed by atoms with Gasteiger partial charge in [-0.25, -0.2) is 0 Å². The summed E-state index contributed by atoms with van der Waals surface area (Å²) in [6.45, 7) is 8.49. The van der Waals surface area contributed by atoms with Crippen molar-refractivity contribution < 1.29 is 9.59 Å². The maximum absolute atomic E-state index is 13.4. The van der Waals surface area contributed by atoms with E-state index < -0.39 is 0 Å². The Bertz CT molecular complexity index is 713. The van der Waals surface area contributed by atoms with Crippen LogP contribution in [0, 0.1) is 25.7 Å². The van der Waals surface area contributed by atoms with Crippen LogP contribution in [0.15, 0.2) is 18.2 Å². The van der Waals surface area contributed by atoms with Crippen molar-refractivity contribution in [1.29, 1.82) is 0 Å². The second-order valence-corrected chi connectivity index (χ2v) is 10.0. The minimum absolute atomic E-state index is 0.0498. The average Bonchev–Trinajstić information content (AvgIpc) is 3.07. The van der Waals surface area contributed by atoms with Crippen LogP contribution in [0.25, 0.3) is 0 Å². The molecule has 1 aliphatic heterocycles. The van der Waals surface area contributed by atoms with E-state index in [2.05, 4.69) is 26.1 Å². The molecule has 1 saturated heterocycles. The lowest BCUT2D eigenvalue weighted by Crippen LogP contribution is -2.50. The normalized spacial score (nSPS) is 23.2. The molecule has 2 amide bonds. The van der Waals surface area contributed by atoms with E-state index in [-0.39, 0.29) is 29.1 Å². The Kier molecular flexibility index (Phi) is 7.08. The lowest BCUT2D eigenvalue weighted by molar-refractivity contribution is -0.142. The van der Waals surface area contributed by atoms with E-state index in [1.165, 1.54) is 12.0 Å². The van der Waals surface area contributed by atoms with E-state index in [9.17, 15) is 9.59 Å². The summed E-state index contributed by atoms with van der Waals surface area (Å²) in [6.07, 6.45) is 6.37. The highest BCUT2D eigenvalue weighted by Gasteiger charge is 2.43. The number of amides is 2. The zero-order valence-corrected chi connectivity index (χ0v) is 18.5. The van der Waals surface area contributed by atoms with E-state index >= 15 is 0 Å². The van der Waals surface area contributed by atoms with Crippen LogP contribution in [-0.4, -0.2) is 33.9 Å². The van der Waals surface area contributed by atoms with Gasteiger partial charge in [-0.05, 0) is 62.3 Å². The highest BCUT2D eigenvalue weighted by molar-refractivity contribution is 8.00. The van der Waals surface area contributed by atoms with Gasteiger partial charge in [0.1, 0.15) is 6.04 Å². The van der Waals surface area contributed by atoms with Gasteiger partial charge in [0.2, 0.25) is 11.8 Å². The van der Waals surface area contributed by atoms with Gasteiger partial charge in [0.05, 0.1) is 5.37 Å². The zero-order valence-electron chi connectivity index (χ0n) is 17.7. The monoisotopic (exact) mass is 402 g/mol. The Morgan fingerprint density at radius 1 is 1.14 bits per heavy atom. The summed E-state index contributed by atoms with van der Waals surface area (Å²) in [6, 6.07) is 5.61. The van der Waals surface area contributed by atoms with Gasteiger partial charge < -0.3 is 10.2 Å². The Morgan fingerprint density at radius 2 is 1.86 bits per heavy atom. The van der Waals surface area contributed by atoms with Gasteiger partial charge in [-0.3, -0.25) is 9.59 Å². The number of thioether (sulfide) groups is 1. The summed E-state index contributed by atoms with van der Waals surface area (Å²) in [7, 11) is 0. The Morgan fingerprint density at radius 3 is 2.50 bits per heavy atom. The third kappa shape index (κ3) is 4.91. The number of nitrogens with zero attached hydrogens (tertiary/aromatic N) is 1. The summed E-state index contributed by atoms with van der Waals surface area (Å²) < 4.78 is 0. The molecule has 0 spiro atoms. The van der Waals surface area contributed by atoms with Crippen molar-refractivity contribution in [3.05, 3.63) is 29.3 Å². The summed E-state index contributed by atoms with van der Waals surface area (Å²) in [5, 5.41) is 3.18. The highest BCUT2D eigenvalue weighted by Crippen LogP contribution is 2.37. The standard InChI is InChI=1S/C23H34N2O2S/c1-15(2)12-21-25(23(27)18-8-6-5-7-9-18)20(14-28-21)22(26)24-19-11-10-16(3)17(4)13-19/h10-11,13,15,18,20-21H,5-9,12,14H2,1-4H3,(H,24,26). The number of rotatable bonds is 5.